The van der Waals surface area contributed by atoms with Gasteiger partial charge in [0.15, 0.2) is 0 Å². The molecule has 0 unspecified atom stereocenters. The molecule has 0 saturated carbocycles. The number of nitrogens with one attached hydrogen (secondary N) is 1. The minimum Gasteiger partial charge on any atom is -0.493 e. The van der Waals surface area contributed by atoms with Gasteiger partial charge < -0.3 is 14.4 Å². The van der Waals surface area contributed by atoms with E-state index in [2.05, 4.69) is 12.2 Å². The fraction of sp³-hybridized carbons (Fsp3) is 0.533. The van der Waals surface area contributed by atoms with Gasteiger partial charge in [-0.2, -0.15) is 0 Å². The summed E-state index contributed by atoms with van der Waals surface area (Å²) in [6, 6.07) is 3.25. The van der Waals surface area contributed by atoms with Crippen LogP contribution in [0.4, 0.5) is 10.5 Å². The molecule has 0 aliphatic heterocycles. The van der Waals surface area contributed by atoms with Gasteiger partial charge >= 0.3 is 6.09 Å². The minimum absolute atomic E-state index is 0.284. The van der Waals surface area contributed by atoms with Crippen molar-refractivity contribution < 1.29 is 14.3 Å². The maximum atomic E-state index is 11.7. The highest BCUT2D eigenvalue weighted by atomic mass is 35.5. The Hall–Kier alpha value is -1.17. The Morgan fingerprint density at radius 1 is 1.23 bits per heavy atom. The number of carbonyl (C=O) groups is 1. The lowest BCUT2D eigenvalue weighted by Crippen LogP contribution is -2.22. The average molecular weight is 349 g/mol. The van der Waals surface area contributed by atoms with Gasteiger partial charge in [0.05, 0.1) is 22.3 Å². The zero-order chi connectivity index (χ0) is 16.5. The summed E-state index contributed by atoms with van der Waals surface area (Å²) in [6.07, 6.45) is 1.40. The van der Waals surface area contributed by atoms with Gasteiger partial charge in [-0.1, -0.05) is 36.5 Å². The van der Waals surface area contributed by atoms with E-state index in [9.17, 15) is 4.79 Å². The standard InChI is InChI=1S/C15H22Cl2N2O3/c1-4-5-7-21-11-9-12(16)14(13(17)10-11)18-15(20)22-8-6-19(2)3/h9-10H,4-8H2,1-3H3,(H,18,20). The Morgan fingerprint density at radius 3 is 2.41 bits per heavy atom. The number of hydrogen-bond acceptors (Lipinski definition) is 4. The number of nitrogens with zero attached hydrogens (tertiary/aromatic N) is 1. The van der Waals surface area contributed by atoms with Gasteiger partial charge in [0.25, 0.3) is 0 Å². The first-order valence-electron chi connectivity index (χ1n) is 7.14. The third kappa shape index (κ3) is 6.73. The Bertz CT molecular complexity index is 473. The monoisotopic (exact) mass is 348 g/mol. The lowest BCUT2D eigenvalue weighted by atomic mass is 10.3. The summed E-state index contributed by atoms with van der Waals surface area (Å²) < 4.78 is 10.6. The number of rotatable bonds is 8. The fourth-order valence-electron chi connectivity index (χ4n) is 1.55. The van der Waals surface area contributed by atoms with Crippen LogP contribution in [0.25, 0.3) is 0 Å². The Balaban J connectivity index is 2.61. The van der Waals surface area contributed by atoms with Crippen molar-refractivity contribution in [3.05, 3.63) is 22.2 Å². The largest absolute Gasteiger partial charge is 0.493 e. The van der Waals surface area contributed by atoms with Crippen molar-refractivity contribution in [2.24, 2.45) is 0 Å². The van der Waals surface area contributed by atoms with Gasteiger partial charge in [0.1, 0.15) is 12.4 Å². The quantitative estimate of drug-likeness (QED) is 0.712. The molecule has 5 nitrogen and oxygen atoms in total. The number of likely N-dealkylation sites (N-methyl/N-ethyl adjacent to an activating group) is 1. The van der Waals surface area contributed by atoms with Crippen molar-refractivity contribution in [3.63, 3.8) is 0 Å². The molecule has 0 radical (unpaired) electrons. The number of ether oxygens (including phenoxy) is 2. The van der Waals surface area contributed by atoms with Crippen molar-refractivity contribution in [2.75, 3.05) is 39.2 Å². The molecule has 124 valence electrons. The van der Waals surface area contributed by atoms with E-state index >= 15 is 0 Å². The van der Waals surface area contributed by atoms with Crippen LogP contribution < -0.4 is 10.1 Å². The maximum absolute atomic E-state index is 11.7. The van der Waals surface area contributed by atoms with E-state index in [-0.39, 0.29) is 6.61 Å². The molecule has 0 aliphatic carbocycles. The lowest BCUT2D eigenvalue weighted by molar-refractivity contribution is 0.151. The van der Waals surface area contributed by atoms with E-state index in [4.69, 9.17) is 32.7 Å². The summed E-state index contributed by atoms with van der Waals surface area (Å²) >= 11 is 12.3. The molecule has 0 fully saturated rings. The molecule has 0 aromatic heterocycles. The smallest absolute Gasteiger partial charge is 0.411 e. The van der Waals surface area contributed by atoms with Crippen LogP contribution in [0.2, 0.25) is 10.0 Å². The molecule has 0 atom stereocenters. The van der Waals surface area contributed by atoms with Crippen molar-refractivity contribution in [2.45, 2.75) is 19.8 Å². The van der Waals surface area contributed by atoms with Crippen molar-refractivity contribution in [1.29, 1.82) is 0 Å². The number of amides is 1. The first-order valence-corrected chi connectivity index (χ1v) is 7.90. The summed E-state index contributed by atoms with van der Waals surface area (Å²) in [5.41, 5.74) is 0.320. The van der Waals surface area contributed by atoms with Crippen LogP contribution in [0.3, 0.4) is 0 Å². The highest BCUT2D eigenvalue weighted by molar-refractivity contribution is 6.39. The minimum atomic E-state index is -0.592. The average Bonchev–Trinajstić information content (AvgIpc) is 2.43. The number of carbonyl (C=O) groups excluding carboxylic acids is 1. The molecule has 22 heavy (non-hydrogen) atoms. The highest BCUT2D eigenvalue weighted by Gasteiger charge is 2.13. The van der Waals surface area contributed by atoms with Gasteiger partial charge in [-0.3, -0.25) is 5.32 Å². The molecular formula is C15H22Cl2N2O3. The van der Waals surface area contributed by atoms with Gasteiger partial charge in [-0.15, -0.1) is 0 Å². The molecule has 0 heterocycles. The number of halogens is 2. The van der Waals surface area contributed by atoms with Gasteiger partial charge in [0, 0.05) is 18.7 Å². The maximum Gasteiger partial charge on any atom is 0.411 e. The number of anilines is 1. The molecule has 0 spiro atoms. The van der Waals surface area contributed by atoms with Crippen LogP contribution in [0.15, 0.2) is 12.1 Å². The van der Waals surface area contributed by atoms with Crippen LogP contribution in [0.5, 0.6) is 5.75 Å². The third-order valence-corrected chi connectivity index (χ3v) is 3.38. The van der Waals surface area contributed by atoms with Gasteiger partial charge in [-0.25, -0.2) is 4.79 Å². The van der Waals surface area contributed by atoms with E-state index in [0.29, 0.717) is 34.6 Å². The number of unbranched alkanes of at least 4 members (excludes halogenated alkanes) is 1. The highest BCUT2D eigenvalue weighted by Crippen LogP contribution is 2.35. The van der Waals surface area contributed by atoms with Gasteiger partial charge in [0.2, 0.25) is 0 Å². The summed E-state index contributed by atoms with van der Waals surface area (Å²) in [4.78, 5) is 13.6. The second kappa shape index (κ2) is 9.77. The van der Waals surface area contributed by atoms with Crippen molar-refractivity contribution >= 4 is 35.0 Å². The fourth-order valence-corrected chi connectivity index (χ4v) is 2.11. The first-order chi connectivity index (χ1) is 10.4. The van der Waals surface area contributed by atoms with E-state index in [0.717, 1.165) is 12.8 Å². The second-order valence-corrected chi connectivity index (χ2v) is 5.84. The zero-order valence-electron chi connectivity index (χ0n) is 13.1. The summed E-state index contributed by atoms with van der Waals surface area (Å²) in [7, 11) is 3.79. The first kappa shape index (κ1) is 18.9. The summed E-state index contributed by atoms with van der Waals surface area (Å²) in [5.74, 6) is 0.579. The lowest BCUT2D eigenvalue weighted by Gasteiger charge is -2.13. The number of hydrogen-bond donors (Lipinski definition) is 1. The second-order valence-electron chi connectivity index (χ2n) is 5.03. The molecule has 0 saturated heterocycles. The molecular weight excluding hydrogens is 327 g/mol. The molecule has 1 aromatic carbocycles. The predicted octanol–water partition coefficient (Wildman–Crippen LogP) is 4.28. The predicted molar refractivity (Wildman–Crippen MR) is 90.4 cm³/mol. The molecule has 1 aromatic rings. The normalized spacial score (nSPS) is 10.6. The SMILES string of the molecule is CCCCOc1cc(Cl)c(NC(=O)OCCN(C)C)c(Cl)c1. The van der Waals surface area contributed by atoms with Crippen molar-refractivity contribution in [3.8, 4) is 5.75 Å². The topological polar surface area (TPSA) is 50.8 Å². The Morgan fingerprint density at radius 2 is 1.86 bits per heavy atom. The van der Waals surface area contributed by atoms with Crippen LogP contribution >= 0.6 is 23.2 Å². The Kier molecular flexibility index (Phi) is 8.38. The molecule has 1 rings (SSSR count). The molecule has 0 aliphatic rings. The van der Waals surface area contributed by atoms with Crippen molar-refractivity contribution in [1.82, 2.24) is 4.90 Å². The molecule has 7 heteroatoms. The molecule has 0 bridgehead atoms. The van der Waals surface area contributed by atoms with Gasteiger partial charge in [-0.05, 0) is 20.5 Å². The van der Waals surface area contributed by atoms with Crippen LogP contribution in [-0.2, 0) is 4.74 Å². The van der Waals surface area contributed by atoms with E-state index in [1.807, 2.05) is 19.0 Å². The van der Waals surface area contributed by atoms with E-state index in [1.54, 1.807) is 12.1 Å². The summed E-state index contributed by atoms with van der Waals surface area (Å²) in [5, 5.41) is 3.17. The van der Waals surface area contributed by atoms with E-state index < -0.39 is 6.09 Å². The molecule has 1 amide bonds. The summed E-state index contributed by atoms with van der Waals surface area (Å²) in [6.45, 7) is 3.60. The third-order valence-electron chi connectivity index (χ3n) is 2.78. The van der Waals surface area contributed by atoms with Crippen LogP contribution in [0.1, 0.15) is 19.8 Å². The number of benzene rings is 1. The zero-order valence-corrected chi connectivity index (χ0v) is 14.6. The molecule has 1 N–H and O–H groups in total. The van der Waals surface area contributed by atoms with Crippen LogP contribution in [0, 0.1) is 0 Å². The van der Waals surface area contributed by atoms with Crippen LogP contribution in [-0.4, -0.2) is 44.8 Å². The van der Waals surface area contributed by atoms with E-state index in [1.165, 1.54) is 0 Å². The Labute approximate surface area is 141 Å².